The standard InChI is InChI=1S/C15H21FN2/c1-11(2)9-18-8-7-14(15(17)10-18)12-3-5-13(16)6-4-12/h3-7,11,15H,8-10,17H2,1-2H3. The van der Waals surface area contributed by atoms with Gasteiger partial charge < -0.3 is 5.73 Å². The van der Waals surface area contributed by atoms with Crippen LogP contribution in [0.2, 0.25) is 0 Å². The highest BCUT2D eigenvalue weighted by atomic mass is 19.1. The maximum Gasteiger partial charge on any atom is 0.123 e. The summed E-state index contributed by atoms with van der Waals surface area (Å²) < 4.78 is 12.9. The largest absolute Gasteiger partial charge is 0.323 e. The molecule has 1 atom stereocenters. The lowest BCUT2D eigenvalue weighted by atomic mass is 9.95. The van der Waals surface area contributed by atoms with Gasteiger partial charge in [-0.05, 0) is 29.2 Å². The second-order valence-electron chi connectivity index (χ2n) is 5.39. The smallest absolute Gasteiger partial charge is 0.123 e. The Morgan fingerprint density at radius 1 is 1.33 bits per heavy atom. The summed E-state index contributed by atoms with van der Waals surface area (Å²) in [6.07, 6.45) is 2.17. The maximum absolute atomic E-state index is 12.9. The quantitative estimate of drug-likeness (QED) is 0.890. The zero-order chi connectivity index (χ0) is 13.1. The van der Waals surface area contributed by atoms with Crippen molar-refractivity contribution < 1.29 is 4.39 Å². The molecule has 0 aliphatic carbocycles. The van der Waals surface area contributed by atoms with Gasteiger partial charge in [-0.2, -0.15) is 0 Å². The number of benzene rings is 1. The molecule has 1 unspecified atom stereocenters. The monoisotopic (exact) mass is 248 g/mol. The Morgan fingerprint density at radius 2 is 2.00 bits per heavy atom. The number of nitrogens with two attached hydrogens (primary N) is 1. The normalized spacial score (nSPS) is 21.2. The first-order valence-corrected chi connectivity index (χ1v) is 6.50. The molecule has 2 nitrogen and oxygen atoms in total. The summed E-state index contributed by atoms with van der Waals surface area (Å²) in [5.41, 5.74) is 8.38. The van der Waals surface area contributed by atoms with E-state index in [0.29, 0.717) is 5.92 Å². The number of hydrogen-bond donors (Lipinski definition) is 1. The molecule has 3 heteroatoms. The van der Waals surface area contributed by atoms with Crippen LogP contribution in [0.3, 0.4) is 0 Å². The summed E-state index contributed by atoms with van der Waals surface area (Å²) in [7, 11) is 0. The molecule has 2 N–H and O–H groups in total. The van der Waals surface area contributed by atoms with Gasteiger partial charge in [0.15, 0.2) is 0 Å². The molecule has 1 aromatic rings. The molecular weight excluding hydrogens is 227 g/mol. The van der Waals surface area contributed by atoms with Crippen LogP contribution < -0.4 is 5.73 Å². The van der Waals surface area contributed by atoms with Crippen LogP contribution in [0, 0.1) is 11.7 Å². The molecular formula is C15H21FN2. The van der Waals surface area contributed by atoms with Gasteiger partial charge >= 0.3 is 0 Å². The van der Waals surface area contributed by atoms with Gasteiger partial charge in [0.05, 0.1) is 0 Å². The Kier molecular flexibility index (Phi) is 4.15. The second-order valence-corrected chi connectivity index (χ2v) is 5.39. The Balaban J connectivity index is 2.11. The minimum Gasteiger partial charge on any atom is -0.323 e. The first-order chi connectivity index (χ1) is 8.56. The van der Waals surface area contributed by atoms with Crippen molar-refractivity contribution in [2.24, 2.45) is 11.7 Å². The molecule has 1 aromatic carbocycles. The number of halogens is 1. The van der Waals surface area contributed by atoms with Crippen molar-refractivity contribution >= 4 is 5.57 Å². The first kappa shape index (κ1) is 13.2. The van der Waals surface area contributed by atoms with Gasteiger partial charge in [0.1, 0.15) is 5.82 Å². The van der Waals surface area contributed by atoms with E-state index in [2.05, 4.69) is 24.8 Å². The third-order valence-electron chi connectivity index (χ3n) is 3.22. The molecule has 2 rings (SSSR count). The average Bonchev–Trinajstić information content (AvgIpc) is 2.30. The summed E-state index contributed by atoms with van der Waals surface area (Å²) in [6.45, 7) is 7.30. The summed E-state index contributed by atoms with van der Waals surface area (Å²) in [5.74, 6) is 0.447. The van der Waals surface area contributed by atoms with Crippen molar-refractivity contribution in [1.29, 1.82) is 0 Å². The molecule has 0 spiro atoms. The molecule has 0 saturated heterocycles. The number of rotatable bonds is 3. The van der Waals surface area contributed by atoms with E-state index in [1.54, 1.807) is 12.1 Å². The van der Waals surface area contributed by atoms with E-state index in [-0.39, 0.29) is 11.9 Å². The minimum atomic E-state index is -0.204. The van der Waals surface area contributed by atoms with Crippen LogP contribution in [-0.2, 0) is 0 Å². The van der Waals surface area contributed by atoms with Gasteiger partial charge in [0.25, 0.3) is 0 Å². The Hall–Kier alpha value is -1.19. The molecule has 1 aliphatic heterocycles. The molecule has 0 saturated carbocycles. The molecule has 98 valence electrons. The predicted molar refractivity (Wildman–Crippen MR) is 73.6 cm³/mol. The molecule has 0 aromatic heterocycles. The van der Waals surface area contributed by atoms with Crippen LogP contribution in [0.4, 0.5) is 4.39 Å². The van der Waals surface area contributed by atoms with Gasteiger partial charge in [0.2, 0.25) is 0 Å². The molecule has 1 heterocycles. The molecule has 0 bridgehead atoms. The lowest BCUT2D eigenvalue weighted by Crippen LogP contribution is -2.43. The van der Waals surface area contributed by atoms with Crippen LogP contribution >= 0.6 is 0 Å². The average molecular weight is 248 g/mol. The van der Waals surface area contributed by atoms with Gasteiger partial charge in [0, 0.05) is 25.7 Å². The highest BCUT2D eigenvalue weighted by molar-refractivity contribution is 5.70. The Labute approximate surface area is 108 Å². The van der Waals surface area contributed by atoms with E-state index >= 15 is 0 Å². The third kappa shape index (κ3) is 3.18. The summed E-state index contributed by atoms with van der Waals surface area (Å²) in [5, 5.41) is 0. The highest BCUT2D eigenvalue weighted by Crippen LogP contribution is 2.22. The van der Waals surface area contributed by atoms with Gasteiger partial charge in [-0.1, -0.05) is 32.1 Å². The fourth-order valence-corrected chi connectivity index (χ4v) is 2.47. The SMILES string of the molecule is CC(C)CN1CC=C(c2ccc(F)cc2)C(N)C1. The number of hydrogen-bond acceptors (Lipinski definition) is 2. The van der Waals surface area contributed by atoms with E-state index in [1.165, 1.54) is 12.1 Å². The van der Waals surface area contributed by atoms with Crippen LogP contribution in [0.5, 0.6) is 0 Å². The Morgan fingerprint density at radius 3 is 2.56 bits per heavy atom. The maximum atomic E-state index is 12.9. The zero-order valence-corrected chi connectivity index (χ0v) is 11.1. The van der Waals surface area contributed by atoms with E-state index in [9.17, 15) is 4.39 Å². The van der Waals surface area contributed by atoms with Crippen molar-refractivity contribution in [3.8, 4) is 0 Å². The molecule has 0 radical (unpaired) electrons. The molecule has 0 amide bonds. The summed E-state index contributed by atoms with van der Waals surface area (Å²) in [4.78, 5) is 2.36. The topological polar surface area (TPSA) is 29.3 Å². The van der Waals surface area contributed by atoms with Crippen molar-refractivity contribution in [2.75, 3.05) is 19.6 Å². The first-order valence-electron chi connectivity index (χ1n) is 6.50. The lowest BCUT2D eigenvalue weighted by Gasteiger charge is -2.32. The minimum absolute atomic E-state index is 0.0166. The van der Waals surface area contributed by atoms with Gasteiger partial charge in [-0.3, -0.25) is 4.90 Å². The molecule has 0 fully saturated rings. The van der Waals surface area contributed by atoms with Crippen molar-refractivity contribution in [1.82, 2.24) is 4.90 Å². The van der Waals surface area contributed by atoms with Crippen LogP contribution in [0.25, 0.3) is 5.57 Å². The Bertz CT molecular complexity index is 423. The molecule has 1 aliphatic rings. The zero-order valence-electron chi connectivity index (χ0n) is 11.1. The highest BCUT2D eigenvalue weighted by Gasteiger charge is 2.20. The molecule has 18 heavy (non-hydrogen) atoms. The van der Waals surface area contributed by atoms with E-state index < -0.39 is 0 Å². The van der Waals surface area contributed by atoms with Crippen LogP contribution in [0.1, 0.15) is 19.4 Å². The van der Waals surface area contributed by atoms with E-state index in [0.717, 1.165) is 30.8 Å². The van der Waals surface area contributed by atoms with E-state index in [1.807, 2.05) is 0 Å². The summed E-state index contributed by atoms with van der Waals surface area (Å²) in [6, 6.07) is 6.60. The predicted octanol–water partition coefficient (Wildman–Crippen LogP) is 2.51. The third-order valence-corrected chi connectivity index (χ3v) is 3.22. The van der Waals surface area contributed by atoms with Gasteiger partial charge in [-0.25, -0.2) is 4.39 Å². The van der Waals surface area contributed by atoms with Gasteiger partial charge in [-0.15, -0.1) is 0 Å². The fraction of sp³-hybridized carbons (Fsp3) is 0.467. The van der Waals surface area contributed by atoms with E-state index in [4.69, 9.17) is 5.73 Å². The summed E-state index contributed by atoms with van der Waals surface area (Å²) >= 11 is 0. The second kappa shape index (κ2) is 5.63. The van der Waals surface area contributed by atoms with Crippen molar-refractivity contribution in [3.05, 3.63) is 41.7 Å². The van der Waals surface area contributed by atoms with Crippen molar-refractivity contribution in [2.45, 2.75) is 19.9 Å². The number of nitrogens with zero attached hydrogens (tertiary/aromatic N) is 1. The van der Waals surface area contributed by atoms with Crippen molar-refractivity contribution in [3.63, 3.8) is 0 Å². The lowest BCUT2D eigenvalue weighted by molar-refractivity contribution is 0.257. The van der Waals surface area contributed by atoms with Crippen LogP contribution in [0.15, 0.2) is 30.3 Å². The van der Waals surface area contributed by atoms with Crippen LogP contribution in [-0.4, -0.2) is 30.6 Å². The fourth-order valence-electron chi connectivity index (χ4n) is 2.47.